The zero-order valence-corrected chi connectivity index (χ0v) is 13.6. The van der Waals surface area contributed by atoms with Gasteiger partial charge in [0.2, 0.25) is 10.0 Å². The lowest BCUT2D eigenvalue weighted by atomic mass is 10.1. The summed E-state index contributed by atoms with van der Waals surface area (Å²) < 4.78 is 22.6. The van der Waals surface area contributed by atoms with Crippen molar-refractivity contribution in [2.45, 2.75) is 11.8 Å². The molecule has 2 N–H and O–H groups in total. The van der Waals surface area contributed by atoms with Crippen LogP contribution in [0.2, 0.25) is 0 Å². The molecule has 1 aliphatic rings. The van der Waals surface area contributed by atoms with Crippen LogP contribution in [-0.4, -0.2) is 25.0 Å². The lowest BCUT2D eigenvalue weighted by Gasteiger charge is -2.12. The van der Waals surface area contributed by atoms with Crippen LogP contribution in [0.3, 0.4) is 0 Å². The number of benzene rings is 1. The van der Waals surface area contributed by atoms with Crippen LogP contribution < -0.4 is 10.1 Å². The van der Waals surface area contributed by atoms with E-state index in [9.17, 15) is 13.2 Å². The van der Waals surface area contributed by atoms with Gasteiger partial charge in [0.05, 0.1) is 21.9 Å². The number of sulfonamides is 1. The van der Waals surface area contributed by atoms with E-state index < -0.39 is 10.0 Å². The van der Waals surface area contributed by atoms with E-state index in [1.54, 1.807) is 31.5 Å². The third-order valence-corrected chi connectivity index (χ3v) is 4.40. The number of primary sulfonamides is 1. The van der Waals surface area contributed by atoms with Gasteiger partial charge in [-0.25, -0.2) is 13.6 Å². The van der Waals surface area contributed by atoms with E-state index in [1.165, 1.54) is 29.3 Å². The lowest BCUT2D eigenvalue weighted by molar-refractivity contribution is -0.114. The first-order valence-corrected chi connectivity index (χ1v) is 8.55. The van der Waals surface area contributed by atoms with Crippen LogP contribution in [0.4, 0.5) is 5.69 Å². The Balaban J connectivity index is 1.92. The van der Waals surface area contributed by atoms with Crippen LogP contribution in [0.25, 0.3) is 6.08 Å². The monoisotopic (exact) mass is 342 g/mol. The molecule has 7 nitrogen and oxygen atoms in total. The summed E-state index contributed by atoms with van der Waals surface area (Å²) in [4.78, 5) is 16.6. The smallest absolute Gasteiger partial charge is 0.267 e. The largest absolute Gasteiger partial charge is 0.280 e. The first-order chi connectivity index (χ1) is 11.4. The minimum Gasteiger partial charge on any atom is -0.267 e. The van der Waals surface area contributed by atoms with Crippen molar-refractivity contribution in [3.63, 3.8) is 0 Å². The number of carbonyl (C=O) groups is 1. The fraction of sp³-hybridized carbons (Fsp3) is 0.0625. The van der Waals surface area contributed by atoms with Crippen molar-refractivity contribution < 1.29 is 13.2 Å². The second kappa shape index (κ2) is 5.99. The van der Waals surface area contributed by atoms with Gasteiger partial charge < -0.3 is 0 Å². The van der Waals surface area contributed by atoms with Crippen LogP contribution in [0, 0.1) is 0 Å². The molecule has 1 aromatic carbocycles. The number of nitrogens with zero attached hydrogens (tertiary/aromatic N) is 3. The van der Waals surface area contributed by atoms with Crippen LogP contribution in [-0.2, 0) is 14.8 Å². The van der Waals surface area contributed by atoms with Crippen LogP contribution in [0.15, 0.2) is 64.4 Å². The van der Waals surface area contributed by atoms with E-state index in [0.29, 0.717) is 17.0 Å². The number of hydrazone groups is 1. The van der Waals surface area contributed by atoms with Crippen molar-refractivity contribution >= 4 is 33.4 Å². The maximum Gasteiger partial charge on any atom is 0.280 e. The summed E-state index contributed by atoms with van der Waals surface area (Å²) in [7, 11) is -3.78. The Hall–Kier alpha value is -2.84. The Morgan fingerprint density at radius 3 is 2.46 bits per heavy atom. The summed E-state index contributed by atoms with van der Waals surface area (Å²) in [6, 6.07) is 9.27. The number of anilines is 1. The van der Waals surface area contributed by atoms with Gasteiger partial charge in [-0.15, -0.1) is 0 Å². The summed E-state index contributed by atoms with van der Waals surface area (Å²) in [6.07, 6.45) is 5.02. The Kier molecular flexibility index (Phi) is 4.00. The molecule has 1 aromatic heterocycles. The highest BCUT2D eigenvalue weighted by Crippen LogP contribution is 2.25. The second-order valence-corrected chi connectivity index (χ2v) is 6.75. The number of aromatic nitrogens is 1. The zero-order chi connectivity index (χ0) is 17.3. The number of hydrogen-bond acceptors (Lipinski definition) is 5. The number of amides is 1. The number of nitrogens with two attached hydrogens (primary N) is 1. The maximum absolute atomic E-state index is 12.6. The molecule has 122 valence electrons. The van der Waals surface area contributed by atoms with Crippen molar-refractivity contribution in [2.24, 2.45) is 10.2 Å². The summed E-state index contributed by atoms with van der Waals surface area (Å²) in [5.41, 5.74) is 2.28. The molecule has 0 spiro atoms. The fourth-order valence-electron chi connectivity index (χ4n) is 2.26. The molecule has 8 heteroatoms. The van der Waals surface area contributed by atoms with Crippen LogP contribution in [0.5, 0.6) is 0 Å². The molecule has 0 bridgehead atoms. The number of carbonyl (C=O) groups excluding carboxylic acids is 1. The van der Waals surface area contributed by atoms with Gasteiger partial charge in [0.1, 0.15) is 0 Å². The van der Waals surface area contributed by atoms with Crippen molar-refractivity contribution in [3.8, 4) is 0 Å². The molecular weight excluding hydrogens is 328 g/mol. The SMILES string of the molecule is CC1=NN(c2ccc(S(N)(=O)=O)cc2)C(=O)/C1=C\c1cccnc1. The van der Waals surface area contributed by atoms with E-state index in [4.69, 9.17) is 5.14 Å². The fourth-order valence-corrected chi connectivity index (χ4v) is 2.78. The van der Waals surface area contributed by atoms with Crippen molar-refractivity contribution in [1.29, 1.82) is 0 Å². The molecule has 0 saturated carbocycles. The minimum atomic E-state index is -3.78. The van der Waals surface area contributed by atoms with Crippen molar-refractivity contribution in [3.05, 3.63) is 59.9 Å². The molecule has 1 aliphatic heterocycles. The molecule has 0 aliphatic carbocycles. The first-order valence-electron chi connectivity index (χ1n) is 7.01. The highest BCUT2D eigenvalue weighted by Gasteiger charge is 2.28. The van der Waals surface area contributed by atoms with Gasteiger partial charge in [-0.05, 0) is 48.9 Å². The van der Waals surface area contributed by atoms with E-state index >= 15 is 0 Å². The highest BCUT2D eigenvalue weighted by atomic mass is 32.2. The van der Waals surface area contributed by atoms with E-state index in [-0.39, 0.29) is 10.8 Å². The number of pyridine rings is 1. The Morgan fingerprint density at radius 1 is 1.17 bits per heavy atom. The normalized spacial score (nSPS) is 16.6. The van der Waals surface area contributed by atoms with E-state index in [2.05, 4.69) is 10.1 Å². The molecule has 0 saturated heterocycles. The predicted octanol–water partition coefficient (Wildman–Crippen LogP) is 1.54. The minimum absolute atomic E-state index is 0.0234. The third kappa shape index (κ3) is 3.10. The molecule has 0 atom stereocenters. The Bertz CT molecular complexity index is 949. The molecule has 0 fully saturated rings. The summed E-state index contributed by atoms with van der Waals surface area (Å²) in [5, 5.41) is 10.5. The predicted molar refractivity (Wildman–Crippen MR) is 90.6 cm³/mol. The van der Waals surface area contributed by atoms with Gasteiger partial charge in [0, 0.05) is 12.4 Å². The molecule has 24 heavy (non-hydrogen) atoms. The Labute approximate surface area is 139 Å². The molecule has 2 heterocycles. The van der Waals surface area contributed by atoms with E-state index in [1.807, 2.05) is 6.07 Å². The van der Waals surface area contributed by atoms with Crippen LogP contribution >= 0.6 is 0 Å². The van der Waals surface area contributed by atoms with Gasteiger partial charge in [-0.1, -0.05) is 6.07 Å². The Morgan fingerprint density at radius 2 is 1.88 bits per heavy atom. The third-order valence-electron chi connectivity index (χ3n) is 3.47. The van der Waals surface area contributed by atoms with E-state index in [0.717, 1.165) is 5.56 Å². The summed E-state index contributed by atoms with van der Waals surface area (Å²) in [6.45, 7) is 1.73. The van der Waals surface area contributed by atoms with Crippen molar-refractivity contribution in [2.75, 3.05) is 5.01 Å². The standard InChI is InChI=1S/C16H14N4O3S/c1-11-15(9-12-3-2-8-18-10-12)16(21)20(19-11)13-4-6-14(7-5-13)24(17,22)23/h2-10H,1H3,(H2,17,22,23)/b15-9-. The summed E-state index contributed by atoms with van der Waals surface area (Å²) in [5.74, 6) is -0.292. The molecule has 3 rings (SSSR count). The van der Waals surface area contributed by atoms with Crippen molar-refractivity contribution in [1.82, 2.24) is 4.98 Å². The average molecular weight is 342 g/mol. The van der Waals surface area contributed by atoms with Gasteiger partial charge in [0.15, 0.2) is 0 Å². The highest BCUT2D eigenvalue weighted by molar-refractivity contribution is 7.89. The number of hydrogen-bond donors (Lipinski definition) is 1. The molecule has 2 aromatic rings. The first kappa shape index (κ1) is 16.0. The summed E-state index contributed by atoms with van der Waals surface area (Å²) >= 11 is 0. The van der Waals surface area contributed by atoms with Crippen LogP contribution in [0.1, 0.15) is 12.5 Å². The van der Waals surface area contributed by atoms with Gasteiger partial charge >= 0.3 is 0 Å². The van der Waals surface area contributed by atoms with Gasteiger partial charge in [-0.3, -0.25) is 9.78 Å². The number of rotatable bonds is 3. The molecule has 0 unspecified atom stereocenters. The second-order valence-electron chi connectivity index (χ2n) is 5.19. The maximum atomic E-state index is 12.6. The molecular formula is C16H14N4O3S. The topological polar surface area (TPSA) is 106 Å². The average Bonchev–Trinajstić information content (AvgIpc) is 2.83. The zero-order valence-electron chi connectivity index (χ0n) is 12.7. The quantitative estimate of drug-likeness (QED) is 0.854. The van der Waals surface area contributed by atoms with Gasteiger partial charge in [0.25, 0.3) is 5.91 Å². The molecule has 1 amide bonds. The lowest BCUT2D eigenvalue weighted by Crippen LogP contribution is -2.21. The van der Waals surface area contributed by atoms with Gasteiger partial charge in [-0.2, -0.15) is 10.1 Å². The molecule has 0 radical (unpaired) electrons.